The molecule has 0 spiro atoms. The van der Waals surface area contributed by atoms with Gasteiger partial charge in [0.05, 0.1) is 7.11 Å². The fourth-order valence-electron chi connectivity index (χ4n) is 3.04. The Morgan fingerprint density at radius 2 is 2.00 bits per heavy atom. The molecule has 1 aromatic rings. The molecular weight excluding hydrogens is 302 g/mol. The number of hydrogen-bond donors (Lipinski definition) is 1. The van der Waals surface area contributed by atoms with E-state index in [9.17, 15) is 0 Å². The van der Waals surface area contributed by atoms with Crippen molar-refractivity contribution in [2.75, 3.05) is 7.11 Å². The van der Waals surface area contributed by atoms with Gasteiger partial charge in [0, 0.05) is 10.5 Å². The number of benzene rings is 1. The predicted octanol–water partition coefficient (Wildman–Crippen LogP) is 4.15. The molecule has 0 aromatic heterocycles. The average molecular weight is 326 g/mol. The van der Waals surface area contributed by atoms with Crippen LogP contribution in [0, 0.1) is 11.8 Å². The van der Waals surface area contributed by atoms with E-state index < -0.39 is 0 Å². The molecule has 1 saturated carbocycles. The fraction of sp³-hybridized carbons (Fsp3) is 0.625. The van der Waals surface area contributed by atoms with Crippen LogP contribution in [0.2, 0.25) is 0 Å². The minimum absolute atomic E-state index is 0.246. The number of nitrogens with two attached hydrogens (primary N) is 1. The Bertz CT molecular complexity index is 413. The van der Waals surface area contributed by atoms with Crippen LogP contribution in [0.5, 0.6) is 5.75 Å². The smallest absolute Gasteiger partial charge is 0.122 e. The van der Waals surface area contributed by atoms with Crippen molar-refractivity contribution in [3.63, 3.8) is 0 Å². The van der Waals surface area contributed by atoms with Crippen molar-refractivity contribution >= 4 is 15.9 Å². The molecule has 0 bridgehead atoms. The van der Waals surface area contributed by atoms with Gasteiger partial charge in [-0.25, -0.2) is 0 Å². The highest BCUT2D eigenvalue weighted by atomic mass is 79.9. The standard InChI is InChI=1S/C16H24BrNO/c1-11-3-5-12(6-4-11)15(18)10-13-9-14(17)7-8-16(13)19-2/h7-9,11-12,15H,3-6,10,18H2,1-2H3. The van der Waals surface area contributed by atoms with E-state index in [0.29, 0.717) is 5.92 Å². The third-order valence-corrected chi connectivity index (χ3v) is 4.86. The zero-order chi connectivity index (χ0) is 13.8. The quantitative estimate of drug-likeness (QED) is 0.902. The summed E-state index contributed by atoms with van der Waals surface area (Å²) in [6.45, 7) is 2.35. The summed E-state index contributed by atoms with van der Waals surface area (Å²) < 4.78 is 6.52. The van der Waals surface area contributed by atoms with Gasteiger partial charge < -0.3 is 10.5 Å². The Labute approximate surface area is 124 Å². The molecule has 1 aliphatic carbocycles. The van der Waals surface area contributed by atoms with E-state index in [0.717, 1.165) is 22.6 Å². The van der Waals surface area contributed by atoms with Gasteiger partial charge in [-0.2, -0.15) is 0 Å². The van der Waals surface area contributed by atoms with Crippen molar-refractivity contribution < 1.29 is 4.74 Å². The summed E-state index contributed by atoms with van der Waals surface area (Å²) in [7, 11) is 1.72. The van der Waals surface area contributed by atoms with E-state index in [1.807, 2.05) is 12.1 Å². The summed E-state index contributed by atoms with van der Waals surface area (Å²) in [5.74, 6) is 2.49. The molecule has 3 heteroatoms. The lowest BCUT2D eigenvalue weighted by molar-refractivity contribution is 0.252. The van der Waals surface area contributed by atoms with E-state index in [-0.39, 0.29) is 6.04 Å². The van der Waals surface area contributed by atoms with E-state index in [2.05, 4.69) is 28.9 Å². The van der Waals surface area contributed by atoms with Crippen LogP contribution in [-0.4, -0.2) is 13.2 Å². The van der Waals surface area contributed by atoms with E-state index in [1.165, 1.54) is 31.2 Å². The average Bonchev–Trinajstić information content (AvgIpc) is 2.39. The maximum absolute atomic E-state index is 6.43. The third kappa shape index (κ3) is 3.96. The van der Waals surface area contributed by atoms with Gasteiger partial charge in [-0.05, 0) is 54.9 Å². The molecule has 0 amide bonds. The van der Waals surface area contributed by atoms with Crippen LogP contribution in [0.4, 0.5) is 0 Å². The van der Waals surface area contributed by atoms with E-state index >= 15 is 0 Å². The number of hydrogen-bond acceptors (Lipinski definition) is 2. The van der Waals surface area contributed by atoms with Crippen LogP contribution in [0.3, 0.4) is 0 Å². The predicted molar refractivity (Wildman–Crippen MR) is 83.5 cm³/mol. The molecule has 2 nitrogen and oxygen atoms in total. The number of ether oxygens (including phenoxy) is 1. The molecule has 19 heavy (non-hydrogen) atoms. The van der Waals surface area contributed by atoms with Crippen LogP contribution in [0.1, 0.15) is 38.2 Å². The van der Waals surface area contributed by atoms with Crippen LogP contribution in [0.25, 0.3) is 0 Å². The van der Waals surface area contributed by atoms with Gasteiger partial charge in [-0.15, -0.1) is 0 Å². The van der Waals surface area contributed by atoms with Crippen LogP contribution < -0.4 is 10.5 Å². The Balaban J connectivity index is 2.02. The topological polar surface area (TPSA) is 35.2 Å². The normalized spacial score (nSPS) is 25.1. The number of halogens is 1. The molecular formula is C16H24BrNO. The van der Waals surface area contributed by atoms with Crippen LogP contribution in [0.15, 0.2) is 22.7 Å². The molecule has 1 atom stereocenters. The summed E-state index contributed by atoms with van der Waals surface area (Å²) in [5.41, 5.74) is 7.64. The summed E-state index contributed by atoms with van der Waals surface area (Å²) in [5, 5.41) is 0. The highest BCUT2D eigenvalue weighted by Crippen LogP contribution is 2.32. The maximum Gasteiger partial charge on any atom is 0.122 e. The highest BCUT2D eigenvalue weighted by molar-refractivity contribution is 9.10. The molecule has 0 heterocycles. The van der Waals surface area contributed by atoms with Gasteiger partial charge in [-0.1, -0.05) is 35.7 Å². The summed E-state index contributed by atoms with van der Waals surface area (Å²) in [4.78, 5) is 0. The Morgan fingerprint density at radius 1 is 1.32 bits per heavy atom. The molecule has 2 N–H and O–H groups in total. The lowest BCUT2D eigenvalue weighted by atomic mass is 9.78. The molecule has 0 saturated heterocycles. The zero-order valence-corrected chi connectivity index (χ0v) is 13.4. The van der Waals surface area contributed by atoms with Crippen molar-refractivity contribution in [1.82, 2.24) is 0 Å². The molecule has 1 aromatic carbocycles. The first-order chi connectivity index (χ1) is 9.10. The molecule has 1 aliphatic rings. The minimum Gasteiger partial charge on any atom is -0.496 e. The lowest BCUT2D eigenvalue weighted by Crippen LogP contribution is -2.34. The van der Waals surface area contributed by atoms with Crippen molar-refractivity contribution in [2.24, 2.45) is 17.6 Å². The van der Waals surface area contributed by atoms with Gasteiger partial charge in [0.1, 0.15) is 5.75 Å². The van der Waals surface area contributed by atoms with Crippen molar-refractivity contribution in [2.45, 2.75) is 45.1 Å². The van der Waals surface area contributed by atoms with Crippen LogP contribution >= 0.6 is 15.9 Å². The largest absolute Gasteiger partial charge is 0.496 e. The third-order valence-electron chi connectivity index (χ3n) is 4.36. The van der Waals surface area contributed by atoms with Gasteiger partial charge in [0.2, 0.25) is 0 Å². The molecule has 106 valence electrons. The Kier molecular flexibility index (Phi) is 5.28. The SMILES string of the molecule is COc1ccc(Br)cc1CC(N)C1CCC(C)CC1. The fourth-order valence-corrected chi connectivity index (χ4v) is 3.45. The van der Waals surface area contributed by atoms with Gasteiger partial charge in [-0.3, -0.25) is 0 Å². The van der Waals surface area contributed by atoms with E-state index in [1.54, 1.807) is 7.11 Å². The number of rotatable bonds is 4. The van der Waals surface area contributed by atoms with Crippen LogP contribution in [-0.2, 0) is 6.42 Å². The summed E-state index contributed by atoms with van der Waals surface area (Å²) >= 11 is 3.52. The van der Waals surface area contributed by atoms with E-state index in [4.69, 9.17) is 10.5 Å². The van der Waals surface area contributed by atoms with Gasteiger partial charge >= 0.3 is 0 Å². The first-order valence-electron chi connectivity index (χ1n) is 7.18. The molecule has 0 radical (unpaired) electrons. The molecule has 1 unspecified atom stereocenters. The lowest BCUT2D eigenvalue weighted by Gasteiger charge is -2.31. The second kappa shape index (κ2) is 6.76. The Morgan fingerprint density at radius 3 is 2.63 bits per heavy atom. The molecule has 0 aliphatic heterocycles. The zero-order valence-electron chi connectivity index (χ0n) is 11.9. The first kappa shape index (κ1) is 14.9. The second-order valence-electron chi connectivity index (χ2n) is 5.84. The van der Waals surface area contributed by atoms with Gasteiger partial charge in [0.15, 0.2) is 0 Å². The van der Waals surface area contributed by atoms with Crippen molar-refractivity contribution in [3.05, 3.63) is 28.2 Å². The highest BCUT2D eigenvalue weighted by Gasteiger charge is 2.24. The minimum atomic E-state index is 0.246. The second-order valence-corrected chi connectivity index (χ2v) is 6.76. The summed E-state index contributed by atoms with van der Waals surface area (Å²) in [6, 6.07) is 6.39. The Hall–Kier alpha value is -0.540. The first-order valence-corrected chi connectivity index (χ1v) is 7.97. The van der Waals surface area contributed by atoms with Crippen molar-refractivity contribution in [3.8, 4) is 5.75 Å². The summed E-state index contributed by atoms with van der Waals surface area (Å²) in [6.07, 6.45) is 6.11. The monoisotopic (exact) mass is 325 g/mol. The number of methoxy groups -OCH3 is 1. The van der Waals surface area contributed by atoms with Crippen molar-refractivity contribution in [1.29, 1.82) is 0 Å². The maximum atomic E-state index is 6.43. The van der Waals surface area contributed by atoms with Gasteiger partial charge in [0.25, 0.3) is 0 Å². The molecule has 1 fully saturated rings. The molecule has 2 rings (SSSR count).